The molecule has 1 heterocycles. The van der Waals surface area contributed by atoms with Gasteiger partial charge in [0.15, 0.2) is 0 Å². The van der Waals surface area contributed by atoms with E-state index in [0.717, 1.165) is 11.3 Å². The largest absolute Gasteiger partial charge is 0.478 e. The number of carboxylic acids is 1. The smallest absolute Gasteiger partial charge is 0.338 e. The number of carbonyl (C=O) groups excluding carboxylic acids is 1. The molecule has 0 atom stereocenters. The number of urea groups is 1. The highest BCUT2D eigenvalue weighted by Gasteiger charge is 2.20. The molecule has 0 aromatic carbocycles. The van der Waals surface area contributed by atoms with Gasteiger partial charge in [-0.3, -0.25) is 5.32 Å². The molecule has 0 fully saturated rings. The van der Waals surface area contributed by atoms with Crippen LogP contribution in [0.3, 0.4) is 0 Å². The lowest BCUT2D eigenvalue weighted by Crippen LogP contribution is -2.31. The third-order valence-corrected chi connectivity index (χ3v) is 3.95. The second kappa shape index (κ2) is 8.43. The normalized spacial score (nSPS) is 10.2. The summed E-state index contributed by atoms with van der Waals surface area (Å²) in [6, 6.07) is -0.439. The van der Waals surface area contributed by atoms with Gasteiger partial charge in [-0.05, 0) is 25.8 Å². The first kappa shape index (κ1) is 17.2. The summed E-state index contributed by atoms with van der Waals surface area (Å²) >= 11 is 1.25. The van der Waals surface area contributed by atoms with E-state index in [-0.39, 0.29) is 5.56 Å². The molecular formula is C14H20N2O4S. The van der Waals surface area contributed by atoms with E-state index in [2.05, 4.69) is 17.2 Å². The van der Waals surface area contributed by atoms with E-state index in [1.54, 1.807) is 13.0 Å². The van der Waals surface area contributed by atoms with Crippen molar-refractivity contribution in [1.82, 2.24) is 5.32 Å². The number of carbonyl (C=O) groups is 2. The van der Waals surface area contributed by atoms with Gasteiger partial charge in [0, 0.05) is 11.4 Å². The second-order valence-electron chi connectivity index (χ2n) is 4.36. The van der Waals surface area contributed by atoms with E-state index in [0.29, 0.717) is 30.3 Å². The lowest BCUT2D eigenvalue weighted by Gasteiger charge is -2.07. The Labute approximate surface area is 127 Å². The van der Waals surface area contributed by atoms with Crippen LogP contribution in [0.2, 0.25) is 0 Å². The van der Waals surface area contributed by atoms with Crippen molar-refractivity contribution in [2.75, 3.05) is 25.1 Å². The van der Waals surface area contributed by atoms with Crippen LogP contribution in [0.25, 0.3) is 0 Å². The topological polar surface area (TPSA) is 87.7 Å². The van der Waals surface area contributed by atoms with Gasteiger partial charge < -0.3 is 15.2 Å². The number of hydrogen-bond donors (Lipinski definition) is 3. The number of nitrogens with one attached hydrogen (secondary N) is 2. The van der Waals surface area contributed by atoms with Crippen LogP contribution in [0.4, 0.5) is 9.80 Å². The zero-order valence-electron chi connectivity index (χ0n) is 12.2. The first-order valence-corrected chi connectivity index (χ1v) is 7.35. The van der Waals surface area contributed by atoms with Gasteiger partial charge in [-0.25, -0.2) is 9.59 Å². The Hall–Kier alpha value is -1.86. The molecule has 0 saturated carbocycles. The molecular weight excluding hydrogens is 292 g/mol. The summed E-state index contributed by atoms with van der Waals surface area (Å²) in [6.07, 6.45) is 2.52. The number of thiophene rings is 1. The zero-order valence-corrected chi connectivity index (χ0v) is 13.0. The fraction of sp³-hybridized carbons (Fsp3) is 0.429. The molecule has 21 heavy (non-hydrogen) atoms. The monoisotopic (exact) mass is 312 g/mol. The molecule has 1 aromatic heterocycles. The molecule has 3 N–H and O–H groups in total. The SMILES string of the molecule is C=CCCOCCNC(=O)Nc1sc(C)c(C)c1C(=O)O. The Balaban J connectivity index is 2.46. The predicted octanol–water partition coefficient (Wildman–Crippen LogP) is 2.78. The van der Waals surface area contributed by atoms with Crippen LogP contribution >= 0.6 is 11.3 Å². The molecule has 1 rings (SSSR count). The number of hydrogen-bond acceptors (Lipinski definition) is 4. The predicted molar refractivity (Wildman–Crippen MR) is 83.4 cm³/mol. The Kier molecular flexibility index (Phi) is 6.90. The van der Waals surface area contributed by atoms with E-state index in [1.807, 2.05) is 6.92 Å². The van der Waals surface area contributed by atoms with Crippen LogP contribution in [-0.2, 0) is 4.74 Å². The molecule has 2 amide bonds. The average molecular weight is 312 g/mol. The number of anilines is 1. The first-order valence-electron chi connectivity index (χ1n) is 6.54. The van der Waals surface area contributed by atoms with Gasteiger partial charge in [0.1, 0.15) is 5.00 Å². The number of aromatic carboxylic acids is 1. The standard InChI is InChI=1S/C14H20N2O4S/c1-4-5-7-20-8-6-15-14(19)16-12-11(13(17)18)9(2)10(3)21-12/h4H,1,5-8H2,2-3H3,(H,17,18)(H2,15,16,19). The lowest BCUT2D eigenvalue weighted by atomic mass is 10.1. The summed E-state index contributed by atoms with van der Waals surface area (Å²) in [6.45, 7) is 8.45. The van der Waals surface area contributed by atoms with E-state index in [4.69, 9.17) is 4.74 Å². The van der Waals surface area contributed by atoms with E-state index in [1.165, 1.54) is 11.3 Å². The van der Waals surface area contributed by atoms with Crippen molar-refractivity contribution >= 4 is 28.3 Å². The van der Waals surface area contributed by atoms with Crippen molar-refractivity contribution in [3.8, 4) is 0 Å². The van der Waals surface area contributed by atoms with Crippen LogP contribution in [-0.4, -0.2) is 36.9 Å². The molecule has 1 aromatic rings. The minimum atomic E-state index is -1.04. The number of amides is 2. The maximum atomic E-state index is 11.7. The van der Waals surface area contributed by atoms with Crippen molar-refractivity contribution in [1.29, 1.82) is 0 Å². The molecule has 0 bridgehead atoms. The second-order valence-corrected chi connectivity index (χ2v) is 5.59. The highest BCUT2D eigenvalue weighted by molar-refractivity contribution is 7.16. The van der Waals surface area contributed by atoms with Gasteiger partial charge in [0.05, 0.1) is 18.8 Å². The van der Waals surface area contributed by atoms with E-state index < -0.39 is 12.0 Å². The maximum Gasteiger partial charge on any atom is 0.338 e. The Morgan fingerprint density at radius 1 is 1.38 bits per heavy atom. The molecule has 7 heteroatoms. The van der Waals surface area contributed by atoms with Gasteiger partial charge in [-0.2, -0.15) is 0 Å². The van der Waals surface area contributed by atoms with Crippen LogP contribution < -0.4 is 10.6 Å². The van der Waals surface area contributed by atoms with E-state index >= 15 is 0 Å². The summed E-state index contributed by atoms with van der Waals surface area (Å²) in [5.74, 6) is -1.04. The molecule has 0 spiro atoms. The van der Waals surface area contributed by atoms with Crippen molar-refractivity contribution in [2.45, 2.75) is 20.3 Å². The van der Waals surface area contributed by atoms with Crippen molar-refractivity contribution in [3.05, 3.63) is 28.7 Å². The van der Waals surface area contributed by atoms with Gasteiger partial charge in [0.2, 0.25) is 0 Å². The fourth-order valence-electron chi connectivity index (χ4n) is 1.63. The number of ether oxygens (including phenoxy) is 1. The quantitative estimate of drug-likeness (QED) is 0.509. The molecule has 116 valence electrons. The molecule has 0 saturated heterocycles. The van der Waals surface area contributed by atoms with Crippen LogP contribution in [0.1, 0.15) is 27.2 Å². The Morgan fingerprint density at radius 2 is 2.10 bits per heavy atom. The Morgan fingerprint density at radius 3 is 2.71 bits per heavy atom. The first-order chi connectivity index (χ1) is 9.97. The summed E-state index contributed by atoms with van der Waals surface area (Å²) in [4.78, 5) is 23.8. The molecule has 0 aliphatic heterocycles. The van der Waals surface area contributed by atoms with E-state index in [9.17, 15) is 14.7 Å². The molecule has 6 nitrogen and oxygen atoms in total. The highest BCUT2D eigenvalue weighted by atomic mass is 32.1. The van der Waals surface area contributed by atoms with Gasteiger partial charge >= 0.3 is 12.0 Å². The van der Waals surface area contributed by atoms with Gasteiger partial charge in [0.25, 0.3) is 0 Å². The van der Waals surface area contributed by atoms with Crippen LogP contribution in [0, 0.1) is 13.8 Å². The lowest BCUT2D eigenvalue weighted by molar-refractivity contribution is 0.0697. The average Bonchev–Trinajstić information content (AvgIpc) is 2.68. The summed E-state index contributed by atoms with van der Waals surface area (Å²) in [5, 5.41) is 14.7. The highest BCUT2D eigenvalue weighted by Crippen LogP contribution is 2.32. The number of carboxylic acid groups (broad SMARTS) is 1. The molecule has 0 aliphatic carbocycles. The minimum Gasteiger partial charge on any atom is -0.478 e. The molecule has 0 aliphatic rings. The van der Waals surface area contributed by atoms with Crippen molar-refractivity contribution in [3.63, 3.8) is 0 Å². The summed E-state index contributed by atoms with van der Waals surface area (Å²) in [7, 11) is 0. The van der Waals surface area contributed by atoms with Gasteiger partial charge in [-0.1, -0.05) is 6.08 Å². The third-order valence-electron chi connectivity index (χ3n) is 2.82. The third kappa shape index (κ3) is 5.20. The molecule has 0 unspecified atom stereocenters. The molecule has 0 radical (unpaired) electrons. The Bertz CT molecular complexity index is 525. The number of aryl methyl sites for hydroxylation is 1. The van der Waals surface area contributed by atoms with Gasteiger partial charge in [-0.15, -0.1) is 17.9 Å². The fourth-order valence-corrected chi connectivity index (χ4v) is 2.67. The number of rotatable bonds is 8. The van der Waals surface area contributed by atoms with Crippen molar-refractivity contribution in [2.24, 2.45) is 0 Å². The summed E-state index contributed by atoms with van der Waals surface area (Å²) < 4.78 is 5.25. The van der Waals surface area contributed by atoms with Crippen LogP contribution in [0.15, 0.2) is 12.7 Å². The minimum absolute atomic E-state index is 0.148. The maximum absolute atomic E-state index is 11.7. The van der Waals surface area contributed by atoms with Crippen LogP contribution in [0.5, 0.6) is 0 Å². The van der Waals surface area contributed by atoms with Crippen molar-refractivity contribution < 1.29 is 19.4 Å². The summed E-state index contributed by atoms with van der Waals surface area (Å²) in [5.41, 5.74) is 0.824. The zero-order chi connectivity index (χ0) is 15.8.